The van der Waals surface area contributed by atoms with Crippen molar-refractivity contribution in [3.05, 3.63) is 24.3 Å². The lowest BCUT2D eigenvalue weighted by atomic mass is 10.00. The van der Waals surface area contributed by atoms with E-state index >= 15 is 0 Å². The van der Waals surface area contributed by atoms with Crippen LogP contribution in [-0.2, 0) is 4.79 Å². The number of carboxylic acid groups (broad SMARTS) is 1. The second-order valence-electron chi connectivity index (χ2n) is 4.53. The fourth-order valence-electron chi connectivity index (χ4n) is 1.54. The highest BCUT2D eigenvalue weighted by Gasteiger charge is 2.32. The summed E-state index contributed by atoms with van der Waals surface area (Å²) in [6, 6.07) is 6.33. The average molecular weight is 280 g/mol. The summed E-state index contributed by atoms with van der Waals surface area (Å²) in [4.78, 5) is 23.0. The molecule has 0 aromatic heterocycles. The number of aliphatic carboxylic acids is 1. The van der Waals surface area contributed by atoms with E-state index in [-0.39, 0.29) is 6.42 Å². The lowest BCUT2D eigenvalue weighted by Gasteiger charge is -2.24. The molecule has 0 aliphatic rings. The van der Waals surface area contributed by atoms with Crippen molar-refractivity contribution < 1.29 is 19.4 Å². The van der Waals surface area contributed by atoms with Gasteiger partial charge in [0.05, 0.1) is 6.61 Å². The van der Waals surface area contributed by atoms with Crippen LogP contribution in [0.1, 0.15) is 27.2 Å². The number of benzene rings is 1. The van der Waals surface area contributed by atoms with E-state index < -0.39 is 17.5 Å². The van der Waals surface area contributed by atoms with E-state index in [0.29, 0.717) is 18.0 Å². The van der Waals surface area contributed by atoms with Crippen LogP contribution >= 0.6 is 0 Å². The highest BCUT2D eigenvalue weighted by atomic mass is 16.5. The van der Waals surface area contributed by atoms with Gasteiger partial charge in [0, 0.05) is 11.8 Å². The Morgan fingerprint density at radius 1 is 1.35 bits per heavy atom. The zero-order valence-corrected chi connectivity index (χ0v) is 11.9. The van der Waals surface area contributed by atoms with Crippen molar-refractivity contribution in [1.29, 1.82) is 0 Å². The van der Waals surface area contributed by atoms with Crippen LogP contribution in [-0.4, -0.2) is 29.3 Å². The van der Waals surface area contributed by atoms with Gasteiger partial charge in [0.1, 0.15) is 11.3 Å². The monoisotopic (exact) mass is 280 g/mol. The number of nitrogens with one attached hydrogen (secondary N) is 2. The smallest absolute Gasteiger partial charge is 0.329 e. The number of carbonyl (C=O) groups is 2. The highest BCUT2D eigenvalue weighted by molar-refractivity contribution is 5.93. The van der Waals surface area contributed by atoms with E-state index in [1.54, 1.807) is 31.2 Å². The van der Waals surface area contributed by atoms with Crippen LogP contribution < -0.4 is 15.4 Å². The first kappa shape index (κ1) is 15.8. The molecule has 0 aliphatic heterocycles. The van der Waals surface area contributed by atoms with Crippen molar-refractivity contribution in [2.45, 2.75) is 32.7 Å². The molecule has 0 radical (unpaired) electrons. The first-order chi connectivity index (χ1) is 9.41. The minimum absolute atomic E-state index is 0.286. The summed E-state index contributed by atoms with van der Waals surface area (Å²) in [5, 5.41) is 14.1. The van der Waals surface area contributed by atoms with E-state index in [0.717, 1.165) is 0 Å². The molecule has 1 unspecified atom stereocenters. The molecule has 0 aliphatic carbocycles. The maximum atomic E-state index is 11.8. The lowest BCUT2D eigenvalue weighted by Crippen LogP contribution is -2.53. The molecule has 6 nitrogen and oxygen atoms in total. The number of hydrogen-bond acceptors (Lipinski definition) is 3. The van der Waals surface area contributed by atoms with E-state index in [1.807, 2.05) is 6.92 Å². The summed E-state index contributed by atoms with van der Waals surface area (Å²) in [7, 11) is 0. The van der Waals surface area contributed by atoms with Gasteiger partial charge in [-0.05, 0) is 32.4 Å². The number of hydrogen-bond donors (Lipinski definition) is 3. The second kappa shape index (κ2) is 6.79. The minimum Gasteiger partial charge on any atom is -0.494 e. The van der Waals surface area contributed by atoms with Gasteiger partial charge < -0.3 is 20.5 Å². The van der Waals surface area contributed by atoms with Gasteiger partial charge in [-0.15, -0.1) is 0 Å². The molecule has 110 valence electrons. The fourth-order valence-corrected chi connectivity index (χ4v) is 1.54. The van der Waals surface area contributed by atoms with Crippen molar-refractivity contribution in [1.82, 2.24) is 5.32 Å². The van der Waals surface area contributed by atoms with E-state index in [2.05, 4.69) is 10.6 Å². The Kier molecular flexibility index (Phi) is 5.37. The summed E-state index contributed by atoms with van der Waals surface area (Å²) in [5.41, 5.74) is -0.751. The molecule has 0 saturated heterocycles. The molecule has 1 aromatic rings. The van der Waals surface area contributed by atoms with E-state index in [9.17, 15) is 9.59 Å². The SMILES string of the molecule is CCOc1cccc(NC(=O)NC(C)(CC)C(=O)O)c1. The number of anilines is 1. The van der Waals surface area contributed by atoms with Gasteiger partial charge in [-0.25, -0.2) is 9.59 Å². The molecular weight excluding hydrogens is 260 g/mol. The van der Waals surface area contributed by atoms with Crippen LogP contribution in [0.2, 0.25) is 0 Å². The number of carbonyl (C=O) groups excluding carboxylic acids is 1. The molecule has 1 rings (SSSR count). The highest BCUT2D eigenvalue weighted by Crippen LogP contribution is 2.17. The number of rotatable bonds is 6. The topological polar surface area (TPSA) is 87.7 Å². The summed E-state index contributed by atoms with van der Waals surface area (Å²) in [6.07, 6.45) is 0.286. The van der Waals surface area contributed by atoms with Crippen molar-refractivity contribution in [3.63, 3.8) is 0 Å². The minimum atomic E-state index is -1.29. The molecule has 1 atom stereocenters. The van der Waals surface area contributed by atoms with Crippen LogP contribution in [0.4, 0.5) is 10.5 Å². The molecule has 0 spiro atoms. The fraction of sp³-hybridized carbons (Fsp3) is 0.429. The van der Waals surface area contributed by atoms with Gasteiger partial charge >= 0.3 is 12.0 Å². The predicted octanol–water partition coefficient (Wildman–Crippen LogP) is 2.46. The van der Waals surface area contributed by atoms with Gasteiger partial charge in [-0.1, -0.05) is 13.0 Å². The van der Waals surface area contributed by atoms with Gasteiger partial charge in [0.25, 0.3) is 0 Å². The maximum Gasteiger partial charge on any atom is 0.329 e. The zero-order chi connectivity index (χ0) is 15.2. The van der Waals surface area contributed by atoms with E-state index in [1.165, 1.54) is 6.92 Å². The van der Waals surface area contributed by atoms with Crippen LogP contribution in [0, 0.1) is 0 Å². The Balaban J connectivity index is 2.71. The van der Waals surface area contributed by atoms with Crippen LogP contribution in [0.3, 0.4) is 0 Å². The third-order valence-electron chi connectivity index (χ3n) is 2.97. The first-order valence-corrected chi connectivity index (χ1v) is 6.46. The Hall–Kier alpha value is -2.24. The van der Waals surface area contributed by atoms with Gasteiger partial charge in [0.15, 0.2) is 0 Å². The van der Waals surface area contributed by atoms with Crippen LogP contribution in [0.5, 0.6) is 5.75 Å². The maximum absolute atomic E-state index is 11.8. The Bertz CT molecular complexity index is 490. The summed E-state index contributed by atoms with van der Waals surface area (Å²) < 4.78 is 5.32. The van der Waals surface area contributed by atoms with Crippen molar-refractivity contribution in [2.75, 3.05) is 11.9 Å². The zero-order valence-electron chi connectivity index (χ0n) is 11.9. The summed E-state index contributed by atoms with van der Waals surface area (Å²) in [6.45, 7) is 5.56. The van der Waals surface area contributed by atoms with Crippen LogP contribution in [0.15, 0.2) is 24.3 Å². The lowest BCUT2D eigenvalue weighted by molar-refractivity contribution is -0.143. The standard InChI is InChI=1S/C14H20N2O4/c1-4-14(3,12(17)18)16-13(19)15-10-7-6-8-11(9-10)20-5-2/h6-9H,4-5H2,1-3H3,(H,17,18)(H2,15,16,19). The van der Waals surface area contributed by atoms with Crippen LogP contribution in [0.25, 0.3) is 0 Å². The first-order valence-electron chi connectivity index (χ1n) is 6.46. The third-order valence-corrected chi connectivity index (χ3v) is 2.97. The average Bonchev–Trinajstić information content (AvgIpc) is 2.39. The van der Waals surface area contributed by atoms with Crippen molar-refractivity contribution in [3.8, 4) is 5.75 Å². The number of ether oxygens (including phenoxy) is 1. The third kappa shape index (κ3) is 4.15. The molecular formula is C14H20N2O4. The summed E-state index contributed by atoms with van der Waals surface area (Å²) >= 11 is 0. The molecule has 2 amide bonds. The molecule has 3 N–H and O–H groups in total. The molecule has 0 bridgehead atoms. The Morgan fingerprint density at radius 2 is 2.05 bits per heavy atom. The van der Waals surface area contributed by atoms with Crippen molar-refractivity contribution in [2.24, 2.45) is 0 Å². The Morgan fingerprint density at radius 3 is 2.60 bits per heavy atom. The number of urea groups is 1. The quantitative estimate of drug-likeness (QED) is 0.747. The van der Waals surface area contributed by atoms with Gasteiger partial charge in [-0.2, -0.15) is 0 Å². The van der Waals surface area contributed by atoms with Crippen molar-refractivity contribution >= 4 is 17.7 Å². The summed E-state index contributed by atoms with van der Waals surface area (Å²) in [5.74, 6) is -0.431. The van der Waals surface area contributed by atoms with E-state index in [4.69, 9.17) is 9.84 Å². The molecule has 0 saturated carbocycles. The molecule has 0 fully saturated rings. The predicted molar refractivity (Wildman–Crippen MR) is 76.1 cm³/mol. The van der Waals surface area contributed by atoms with Gasteiger partial charge in [-0.3, -0.25) is 0 Å². The number of amides is 2. The number of carboxylic acids is 1. The van der Waals surface area contributed by atoms with Gasteiger partial charge in [0.2, 0.25) is 0 Å². The Labute approximate surface area is 118 Å². The normalized spacial score (nSPS) is 13.2. The largest absolute Gasteiger partial charge is 0.494 e. The molecule has 6 heteroatoms. The second-order valence-corrected chi connectivity index (χ2v) is 4.53. The molecule has 1 aromatic carbocycles. The molecule has 0 heterocycles. The molecule has 20 heavy (non-hydrogen) atoms.